The fourth-order valence-electron chi connectivity index (χ4n) is 3.32. The van der Waals surface area contributed by atoms with Crippen LogP contribution in [0.3, 0.4) is 0 Å². The summed E-state index contributed by atoms with van der Waals surface area (Å²) in [5.41, 5.74) is 3.17. The summed E-state index contributed by atoms with van der Waals surface area (Å²) in [4.78, 5) is 18.6. The van der Waals surface area contributed by atoms with Gasteiger partial charge in [0, 0.05) is 29.2 Å². The van der Waals surface area contributed by atoms with E-state index in [-0.39, 0.29) is 5.91 Å². The van der Waals surface area contributed by atoms with Gasteiger partial charge in [-0.25, -0.2) is 4.98 Å². The highest BCUT2D eigenvalue weighted by Crippen LogP contribution is 2.37. The molecule has 0 saturated carbocycles. The van der Waals surface area contributed by atoms with E-state index in [2.05, 4.69) is 15.4 Å². The number of nitrogens with one attached hydrogen (secondary N) is 1. The number of fused-ring (bicyclic) bond motifs is 3. The third-order valence-electron chi connectivity index (χ3n) is 4.82. The Kier molecular flexibility index (Phi) is 5.04. The molecule has 1 amide bonds. The minimum Gasteiger partial charge on any atom is -0.497 e. The maximum Gasteiger partial charge on any atom is 0.267 e. The Balaban J connectivity index is 1.49. The number of ether oxygens (including phenoxy) is 2. The minimum atomic E-state index is -0.609. The van der Waals surface area contributed by atoms with Gasteiger partial charge in [-0.3, -0.25) is 14.8 Å². The fraction of sp³-hybridized carbons (Fsp3) is 0.350. The lowest BCUT2D eigenvalue weighted by Crippen LogP contribution is -2.32. The molecule has 2 heterocycles. The lowest BCUT2D eigenvalue weighted by atomic mass is 10.0. The fourth-order valence-corrected chi connectivity index (χ4v) is 4.30. The van der Waals surface area contributed by atoms with E-state index >= 15 is 0 Å². The second-order valence-corrected chi connectivity index (χ2v) is 7.69. The highest BCUT2D eigenvalue weighted by Gasteiger charge is 2.26. The summed E-state index contributed by atoms with van der Waals surface area (Å²) in [5, 5.41) is 7.85. The molecule has 0 bridgehead atoms. The Morgan fingerprint density at radius 2 is 2.18 bits per heavy atom. The number of rotatable bonds is 6. The zero-order valence-corrected chi connectivity index (χ0v) is 16.9. The van der Waals surface area contributed by atoms with Crippen LogP contribution in [0.5, 0.6) is 11.5 Å². The van der Waals surface area contributed by atoms with Crippen LogP contribution in [0, 0.1) is 0 Å². The number of aryl methyl sites for hydroxylation is 2. The van der Waals surface area contributed by atoms with Crippen LogP contribution in [-0.2, 0) is 24.7 Å². The van der Waals surface area contributed by atoms with Crippen molar-refractivity contribution in [3.05, 3.63) is 41.0 Å². The molecule has 0 unspecified atom stereocenters. The largest absolute Gasteiger partial charge is 0.497 e. The minimum absolute atomic E-state index is 0.206. The lowest BCUT2D eigenvalue weighted by molar-refractivity contribution is -0.122. The van der Waals surface area contributed by atoms with Crippen molar-refractivity contribution in [2.45, 2.75) is 32.3 Å². The molecule has 0 saturated heterocycles. The van der Waals surface area contributed by atoms with Crippen molar-refractivity contribution in [3.63, 3.8) is 0 Å². The number of benzene rings is 1. The molecule has 0 radical (unpaired) electrons. The van der Waals surface area contributed by atoms with Gasteiger partial charge in [0.2, 0.25) is 0 Å². The van der Waals surface area contributed by atoms with Crippen molar-refractivity contribution in [2.24, 2.45) is 7.05 Å². The van der Waals surface area contributed by atoms with Gasteiger partial charge in [-0.15, -0.1) is 11.3 Å². The van der Waals surface area contributed by atoms with Gasteiger partial charge in [0.25, 0.3) is 5.91 Å². The molecule has 7 nitrogen and oxygen atoms in total. The van der Waals surface area contributed by atoms with Crippen molar-refractivity contribution in [1.29, 1.82) is 0 Å². The number of amides is 1. The van der Waals surface area contributed by atoms with Crippen molar-refractivity contribution < 1.29 is 14.3 Å². The third kappa shape index (κ3) is 3.47. The van der Waals surface area contributed by atoms with Crippen LogP contribution < -0.4 is 14.8 Å². The molecule has 8 heteroatoms. The van der Waals surface area contributed by atoms with Gasteiger partial charge in [0.05, 0.1) is 19.0 Å². The summed E-state index contributed by atoms with van der Waals surface area (Å²) < 4.78 is 13.0. The average Bonchev–Trinajstić information content (AvgIpc) is 3.29. The molecule has 0 aliphatic heterocycles. The summed E-state index contributed by atoms with van der Waals surface area (Å²) in [6.45, 7) is 1.92. The van der Waals surface area contributed by atoms with E-state index in [1.54, 1.807) is 13.2 Å². The zero-order valence-electron chi connectivity index (χ0n) is 16.1. The second kappa shape index (κ2) is 7.63. The Morgan fingerprint density at radius 3 is 2.96 bits per heavy atom. The van der Waals surface area contributed by atoms with Crippen LogP contribution >= 0.6 is 11.3 Å². The van der Waals surface area contributed by atoms with Gasteiger partial charge in [-0.1, -0.05) is 13.0 Å². The zero-order chi connectivity index (χ0) is 19.7. The molecule has 28 heavy (non-hydrogen) atoms. The Hall–Kier alpha value is -2.87. The number of aromatic nitrogens is 3. The molecular weight excluding hydrogens is 376 g/mol. The van der Waals surface area contributed by atoms with Crippen LogP contribution in [0.25, 0.3) is 11.3 Å². The van der Waals surface area contributed by atoms with Crippen molar-refractivity contribution >= 4 is 22.4 Å². The molecule has 2 aromatic heterocycles. The van der Waals surface area contributed by atoms with E-state index in [1.807, 2.05) is 43.0 Å². The number of nitrogens with zero attached hydrogens (tertiary/aromatic N) is 3. The number of hydrogen-bond acceptors (Lipinski definition) is 6. The molecule has 0 fully saturated rings. The van der Waals surface area contributed by atoms with Crippen LogP contribution in [0.4, 0.5) is 5.13 Å². The predicted octanol–water partition coefficient (Wildman–Crippen LogP) is 3.45. The quantitative estimate of drug-likeness (QED) is 0.688. The van der Waals surface area contributed by atoms with E-state index in [4.69, 9.17) is 9.47 Å². The molecule has 0 spiro atoms. The van der Waals surface area contributed by atoms with Gasteiger partial charge in [-0.2, -0.15) is 5.10 Å². The van der Waals surface area contributed by atoms with Crippen LogP contribution in [-0.4, -0.2) is 33.9 Å². The number of methoxy groups -OCH3 is 1. The number of carbonyl (C=O) groups is 1. The first-order valence-electron chi connectivity index (χ1n) is 9.21. The molecule has 1 aliphatic rings. The molecule has 4 rings (SSSR count). The smallest absolute Gasteiger partial charge is 0.267 e. The first-order chi connectivity index (χ1) is 13.6. The molecule has 1 N–H and O–H groups in total. The summed E-state index contributed by atoms with van der Waals surface area (Å²) in [7, 11) is 3.54. The van der Waals surface area contributed by atoms with E-state index in [1.165, 1.54) is 21.9 Å². The third-order valence-corrected chi connectivity index (χ3v) is 5.85. The maximum absolute atomic E-state index is 12.7. The highest BCUT2D eigenvalue weighted by molar-refractivity contribution is 7.16. The number of carbonyl (C=O) groups excluding carboxylic acids is 1. The van der Waals surface area contributed by atoms with Crippen molar-refractivity contribution in [1.82, 2.24) is 14.8 Å². The Labute approximate surface area is 167 Å². The van der Waals surface area contributed by atoms with E-state index < -0.39 is 6.10 Å². The number of hydrogen-bond donors (Lipinski definition) is 1. The van der Waals surface area contributed by atoms with E-state index in [0.29, 0.717) is 23.1 Å². The summed E-state index contributed by atoms with van der Waals surface area (Å²) in [6, 6.07) is 7.24. The maximum atomic E-state index is 12.7. The summed E-state index contributed by atoms with van der Waals surface area (Å²) in [5.74, 6) is 1.08. The topological polar surface area (TPSA) is 78.3 Å². The molecule has 1 aromatic carbocycles. The van der Waals surface area contributed by atoms with Crippen molar-refractivity contribution in [2.75, 3.05) is 12.4 Å². The van der Waals surface area contributed by atoms with E-state index in [9.17, 15) is 4.79 Å². The highest BCUT2D eigenvalue weighted by atomic mass is 32.1. The number of thiazole rings is 1. The summed E-state index contributed by atoms with van der Waals surface area (Å²) in [6.07, 6.45) is 3.63. The van der Waals surface area contributed by atoms with Gasteiger partial charge in [0.1, 0.15) is 11.5 Å². The van der Waals surface area contributed by atoms with Gasteiger partial charge >= 0.3 is 0 Å². The number of anilines is 1. The average molecular weight is 398 g/mol. The predicted molar refractivity (Wildman–Crippen MR) is 108 cm³/mol. The SMILES string of the molecule is CC[C@@H](Oc1cccc(OC)c1)C(=O)Nc1nc2c(s1)CCc1c-2cnn1C. The lowest BCUT2D eigenvalue weighted by Gasteiger charge is -2.16. The standard InChI is InChI=1S/C20H22N4O3S/c1-4-16(27-13-7-5-6-12(10-13)26-3)19(25)23-20-22-18-14-11-21-24(2)15(14)8-9-17(18)28-20/h5-7,10-11,16H,4,8-9H2,1-3H3,(H,22,23,25)/t16-/m1/s1. The monoisotopic (exact) mass is 398 g/mol. The Morgan fingerprint density at radius 1 is 1.36 bits per heavy atom. The van der Waals surface area contributed by atoms with Gasteiger partial charge < -0.3 is 9.47 Å². The normalized spacial score (nSPS) is 13.4. The van der Waals surface area contributed by atoms with Crippen LogP contribution in [0.2, 0.25) is 0 Å². The van der Waals surface area contributed by atoms with Crippen molar-refractivity contribution in [3.8, 4) is 22.8 Å². The van der Waals surface area contributed by atoms with Crippen LogP contribution in [0.15, 0.2) is 30.5 Å². The molecular formula is C20H22N4O3S. The van der Waals surface area contributed by atoms with E-state index in [0.717, 1.165) is 24.1 Å². The van der Waals surface area contributed by atoms with Gasteiger partial charge in [-0.05, 0) is 31.4 Å². The Bertz CT molecular complexity index is 1010. The summed E-state index contributed by atoms with van der Waals surface area (Å²) >= 11 is 1.52. The first-order valence-corrected chi connectivity index (χ1v) is 10.0. The van der Waals surface area contributed by atoms with Gasteiger partial charge in [0.15, 0.2) is 11.2 Å². The first kappa shape index (κ1) is 18.5. The molecule has 146 valence electrons. The molecule has 1 atom stereocenters. The second-order valence-electron chi connectivity index (χ2n) is 6.60. The van der Waals surface area contributed by atoms with Crippen LogP contribution in [0.1, 0.15) is 23.9 Å². The molecule has 1 aliphatic carbocycles. The molecule has 3 aromatic rings.